The predicted octanol–water partition coefficient (Wildman–Crippen LogP) is 20.2. The van der Waals surface area contributed by atoms with Crippen molar-refractivity contribution in [2.75, 3.05) is 9.80 Å². The molecule has 6 heteroatoms. The molecule has 0 aromatic heterocycles. The Bertz CT molecular complexity index is 3520. The molecule has 0 saturated heterocycles. The molecule has 0 spiro atoms. The van der Waals surface area contributed by atoms with Gasteiger partial charge in [0, 0.05) is 34.1 Å². The number of nitrogens with zero attached hydrogens (tertiary/aromatic N) is 2. The minimum Gasteiger partial charge on any atom is -0.457 e. The van der Waals surface area contributed by atoms with Crippen LogP contribution >= 0.6 is 0 Å². The van der Waals surface area contributed by atoms with Gasteiger partial charge in [0.15, 0.2) is 0 Å². The van der Waals surface area contributed by atoms with Gasteiger partial charge < -0.3 is 28.7 Å². The monoisotopic (exact) mass is 1020 g/mol. The van der Waals surface area contributed by atoms with Crippen LogP contribution in [0.2, 0.25) is 0 Å². The van der Waals surface area contributed by atoms with Crippen LogP contribution in [0.1, 0.15) is 22.3 Å². The van der Waals surface area contributed by atoms with Crippen LogP contribution in [0.25, 0.3) is 11.1 Å². The van der Waals surface area contributed by atoms with Gasteiger partial charge in [0.25, 0.3) is 0 Å². The molecule has 0 bridgehead atoms. The van der Waals surface area contributed by atoms with Gasteiger partial charge in [-0.05, 0) is 203 Å². The molecule has 79 heavy (non-hydrogen) atoms. The number of anilines is 6. The molecule has 0 unspecified atom stereocenters. The van der Waals surface area contributed by atoms with Crippen LogP contribution in [-0.4, -0.2) is 0 Å². The Labute approximate surface area is 460 Å². The smallest absolute Gasteiger partial charge is 0.127 e. The maximum atomic E-state index is 6.24. The maximum Gasteiger partial charge on any atom is 0.127 e. The minimum atomic E-state index is -0.653. The van der Waals surface area contributed by atoms with Crippen LogP contribution in [0.4, 0.5) is 34.1 Å². The zero-order chi connectivity index (χ0) is 52.8. The number of hydrogen-bond donors (Lipinski definition) is 0. The van der Waals surface area contributed by atoms with Crippen molar-refractivity contribution in [2.45, 2.75) is 5.41 Å². The minimum absolute atomic E-state index is 0.653. The van der Waals surface area contributed by atoms with Crippen molar-refractivity contribution in [3.8, 4) is 57.1 Å². The van der Waals surface area contributed by atoms with E-state index in [1.165, 1.54) is 22.3 Å². The zero-order valence-electron chi connectivity index (χ0n) is 43.0. The lowest BCUT2D eigenvalue weighted by atomic mass is 9.67. The van der Waals surface area contributed by atoms with E-state index in [4.69, 9.17) is 18.9 Å². The molecule has 0 heterocycles. The van der Waals surface area contributed by atoms with Gasteiger partial charge in [-0.1, -0.05) is 146 Å². The van der Waals surface area contributed by atoms with E-state index in [2.05, 4.69) is 155 Å². The molecule has 12 aromatic rings. The van der Waals surface area contributed by atoms with Crippen molar-refractivity contribution in [1.29, 1.82) is 0 Å². The van der Waals surface area contributed by atoms with Gasteiger partial charge in [-0.15, -0.1) is 0 Å². The van der Waals surface area contributed by atoms with E-state index in [1.54, 1.807) is 0 Å². The largest absolute Gasteiger partial charge is 0.457 e. The van der Waals surface area contributed by atoms with Crippen LogP contribution in [0.5, 0.6) is 46.0 Å². The number of hydrogen-bond acceptors (Lipinski definition) is 6. The third-order valence-electron chi connectivity index (χ3n) is 14.4. The summed E-state index contributed by atoms with van der Waals surface area (Å²) >= 11 is 0. The first-order chi connectivity index (χ1) is 39.1. The van der Waals surface area contributed by atoms with Crippen LogP contribution in [0, 0.1) is 0 Å². The van der Waals surface area contributed by atoms with Crippen LogP contribution in [0.3, 0.4) is 0 Å². The SMILES string of the molecule is c1ccc(Oc2ccc(N(c3ccc(Oc4ccccc4)cc3)c3ccc(C4(c5ccc(N(c6ccc(Oc7ccccc7)cc6)c6ccc(Oc7ccccc7)cc6)cc5)c5ccccc5-c5ccccc54)cc3)cc2)cc1. The molecule has 1 aliphatic carbocycles. The molecule has 12 aromatic carbocycles. The summed E-state index contributed by atoms with van der Waals surface area (Å²) in [5.74, 6) is 6.15. The molecular weight excluding hydrogens is 969 g/mol. The van der Waals surface area contributed by atoms with Gasteiger partial charge in [-0.25, -0.2) is 0 Å². The summed E-state index contributed by atoms with van der Waals surface area (Å²) in [6, 6.07) is 108. The quantitative estimate of drug-likeness (QED) is 0.0961. The molecule has 378 valence electrons. The standard InChI is InChI=1S/C73H52N2O4/c1-5-17-61(18-6-1)76-65-45-37-57(38-46-65)74(58-39-47-66(48-40-58)77-62-19-7-2-8-20-62)55-33-29-53(30-34-55)73(71-27-15-13-25-69(71)70-26-14-16-28-72(70)73)54-31-35-56(36-32-54)75(59-41-49-67(50-42-59)78-63-21-9-3-10-22-63)60-43-51-68(52-44-60)79-64-23-11-4-12-24-64/h1-52H. The Balaban J connectivity index is 0.891. The Kier molecular flexibility index (Phi) is 13.1. The number of ether oxygens (including phenoxy) is 4. The third-order valence-corrected chi connectivity index (χ3v) is 14.4. The highest BCUT2D eigenvalue weighted by atomic mass is 16.5. The summed E-state index contributed by atoms with van der Waals surface area (Å²) in [7, 11) is 0. The number of benzene rings is 12. The molecule has 6 nitrogen and oxygen atoms in total. The Hall–Kier alpha value is -10.6. The van der Waals surface area contributed by atoms with Crippen molar-refractivity contribution in [2.24, 2.45) is 0 Å². The molecule has 0 atom stereocenters. The van der Waals surface area contributed by atoms with Gasteiger partial charge in [-0.3, -0.25) is 0 Å². The van der Waals surface area contributed by atoms with Gasteiger partial charge in [0.1, 0.15) is 46.0 Å². The number of rotatable bonds is 16. The molecule has 13 rings (SSSR count). The van der Waals surface area contributed by atoms with Gasteiger partial charge in [0.05, 0.1) is 5.41 Å². The molecular formula is C73H52N2O4. The van der Waals surface area contributed by atoms with Crippen LogP contribution in [-0.2, 0) is 5.41 Å². The van der Waals surface area contributed by atoms with Crippen molar-refractivity contribution in [1.82, 2.24) is 0 Å². The first-order valence-corrected chi connectivity index (χ1v) is 26.5. The van der Waals surface area contributed by atoms with Gasteiger partial charge >= 0.3 is 0 Å². The van der Waals surface area contributed by atoms with E-state index in [0.29, 0.717) is 0 Å². The maximum absolute atomic E-state index is 6.24. The first kappa shape index (κ1) is 48.1. The van der Waals surface area contributed by atoms with E-state index in [1.807, 2.05) is 170 Å². The van der Waals surface area contributed by atoms with E-state index in [9.17, 15) is 0 Å². The second kappa shape index (κ2) is 21.6. The fourth-order valence-corrected chi connectivity index (χ4v) is 10.8. The zero-order valence-corrected chi connectivity index (χ0v) is 43.0. The summed E-state index contributed by atoms with van der Waals surface area (Å²) in [4.78, 5) is 4.55. The topological polar surface area (TPSA) is 43.4 Å². The lowest BCUT2D eigenvalue weighted by molar-refractivity contribution is 0.482. The number of para-hydroxylation sites is 4. The van der Waals surface area contributed by atoms with E-state index >= 15 is 0 Å². The van der Waals surface area contributed by atoms with Crippen molar-refractivity contribution < 1.29 is 18.9 Å². The highest BCUT2D eigenvalue weighted by Crippen LogP contribution is 2.57. The summed E-state index contributed by atoms with van der Waals surface area (Å²) in [5.41, 5.74) is 12.5. The van der Waals surface area contributed by atoms with E-state index < -0.39 is 5.41 Å². The molecule has 0 amide bonds. The van der Waals surface area contributed by atoms with E-state index in [0.717, 1.165) is 91.2 Å². The molecule has 0 N–H and O–H groups in total. The fourth-order valence-electron chi connectivity index (χ4n) is 10.8. The summed E-state index contributed by atoms with van der Waals surface area (Å²) in [6.07, 6.45) is 0. The third kappa shape index (κ3) is 9.83. The Morgan fingerprint density at radius 2 is 0.392 bits per heavy atom. The Morgan fingerprint density at radius 1 is 0.190 bits per heavy atom. The highest BCUT2D eigenvalue weighted by molar-refractivity contribution is 5.87. The molecule has 0 radical (unpaired) electrons. The summed E-state index contributed by atoms with van der Waals surface area (Å²) in [6.45, 7) is 0. The molecule has 0 aliphatic heterocycles. The second-order valence-corrected chi connectivity index (χ2v) is 19.2. The average molecular weight is 1020 g/mol. The first-order valence-electron chi connectivity index (χ1n) is 26.5. The van der Waals surface area contributed by atoms with Crippen molar-refractivity contribution in [3.05, 3.63) is 338 Å². The lowest BCUT2D eigenvalue weighted by Crippen LogP contribution is -2.28. The predicted molar refractivity (Wildman–Crippen MR) is 319 cm³/mol. The summed E-state index contributed by atoms with van der Waals surface area (Å²) in [5, 5.41) is 0. The van der Waals surface area contributed by atoms with Crippen LogP contribution < -0.4 is 28.7 Å². The van der Waals surface area contributed by atoms with Gasteiger partial charge in [0.2, 0.25) is 0 Å². The molecule has 1 aliphatic rings. The lowest BCUT2D eigenvalue weighted by Gasteiger charge is -2.35. The van der Waals surface area contributed by atoms with E-state index in [-0.39, 0.29) is 0 Å². The van der Waals surface area contributed by atoms with Gasteiger partial charge in [-0.2, -0.15) is 0 Å². The van der Waals surface area contributed by atoms with Crippen molar-refractivity contribution in [3.63, 3.8) is 0 Å². The fraction of sp³-hybridized carbons (Fsp3) is 0.0137. The number of fused-ring (bicyclic) bond motifs is 3. The highest BCUT2D eigenvalue weighted by Gasteiger charge is 2.46. The van der Waals surface area contributed by atoms with Crippen molar-refractivity contribution >= 4 is 34.1 Å². The second-order valence-electron chi connectivity index (χ2n) is 19.2. The molecule has 0 fully saturated rings. The molecule has 0 saturated carbocycles. The normalized spacial score (nSPS) is 11.9. The summed E-state index contributed by atoms with van der Waals surface area (Å²) < 4.78 is 25.0. The average Bonchev–Trinajstić information content (AvgIpc) is 4.00. The Morgan fingerprint density at radius 3 is 0.646 bits per heavy atom. The van der Waals surface area contributed by atoms with Crippen LogP contribution in [0.15, 0.2) is 315 Å².